The Kier molecular flexibility index (Phi) is 4.02. The van der Waals surface area contributed by atoms with Crippen LogP contribution in [0.4, 0.5) is 5.95 Å². The molecule has 0 atom stereocenters. The van der Waals surface area contributed by atoms with Gasteiger partial charge in [0.05, 0.1) is 7.11 Å². The van der Waals surface area contributed by atoms with Crippen LogP contribution < -0.4 is 10.5 Å². The second-order valence-corrected chi connectivity index (χ2v) is 7.71. The molecule has 0 radical (unpaired) electrons. The van der Waals surface area contributed by atoms with Crippen LogP contribution in [0.25, 0.3) is 44.3 Å². The first-order valence-corrected chi connectivity index (χ1v) is 9.75. The SMILES string of the molecule is COc1ccc2c(c1)c(-c1nnc(N)nc1-c1c[nH]c3ccc(Br)cc13)cn2C. The molecule has 3 heterocycles. The lowest BCUT2D eigenvalue weighted by Crippen LogP contribution is -2.02. The zero-order valence-corrected chi connectivity index (χ0v) is 17.4. The van der Waals surface area contributed by atoms with Crippen LogP contribution in [0, 0.1) is 0 Å². The first-order chi connectivity index (χ1) is 14.0. The molecule has 3 aromatic heterocycles. The molecule has 3 N–H and O–H groups in total. The van der Waals surface area contributed by atoms with Crippen LogP contribution in [0.2, 0.25) is 0 Å². The number of ether oxygens (including phenoxy) is 1. The monoisotopic (exact) mass is 448 g/mol. The summed E-state index contributed by atoms with van der Waals surface area (Å²) in [4.78, 5) is 7.86. The maximum atomic E-state index is 5.92. The van der Waals surface area contributed by atoms with Crippen molar-refractivity contribution >= 4 is 43.7 Å². The largest absolute Gasteiger partial charge is 0.497 e. The molecule has 5 rings (SSSR count). The van der Waals surface area contributed by atoms with E-state index in [1.807, 2.05) is 49.8 Å². The Morgan fingerprint density at radius 2 is 1.90 bits per heavy atom. The number of H-pyrrole nitrogens is 1. The molecule has 0 bridgehead atoms. The number of benzene rings is 2. The van der Waals surface area contributed by atoms with Crippen LogP contribution >= 0.6 is 15.9 Å². The van der Waals surface area contributed by atoms with Crippen molar-refractivity contribution in [3.63, 3.8) is 0 Å². The van der Waals surface area contributed by atoms with Gasteiger partial charge in [-0.15, -0.1) is 10.2 Å². The van der Waals surface area contributed by atoms with E-state index in [1.165, 1.54) is 0 Å². The number of aromatic amines is 1. The van der Waals surface area contributed by atoms with Gasteiger partial charge in [0, 0.05) is 56.8 Å². The fraction of sp³-hybridized carbons (Fsp3) is 0.0952. The van der Waals surface area contributed by atoms with E-state index in [9.17, 15) is 0 Å². The second-order valence-electron chi connectivity index (χ2n) is 6.80. The number of methoxy groups -OCH3 is 1. The minimum absolute atomic E-state index is 0.130. The summed E-state index contributed by atoms with van der Waals surface area (Å²) in [6.45, 7) is 0. The first kappa shape index (κ1) is 17.7. The van der Waals surface area contributed by atoms with E-state index in [1.54, 1.807) is 7.11 Å². The smallest absolute Gasteiger partial charge is 0.240 e. The topological polar surface area (TPSA) is 94.6 Å². The van der Waals surface area contributed by atoms with Crippen molar-refractivity contribution < 1.29 is 4.74 Å². The van der Waals surface area contributed by atoms with Crippen LogP contribution in [-0.2, 0) is 7.05 Å². The number of aryl methyl sites for hydroxylation is 1. The van der Waals surface area contributed by atoms with E-state index in [0.29, 0.717) is 11.4 Å². The van der Waals surface area contributed by atoms with Crippen LogP contribution in [0.3, 0.4) is 0 Å². The number of nitrogen functional groups attached to an aromatic ring is 1. The van der Waals surface area contributed by atoms with E-state index in [-0.39, 0.29) is 5.95 Å². The number of nitrogens with two attached hydrogens (primary N) is 1. The number of anilines is 1. The molecular formula is C21H17BrN6O. The minimum Gasteiger partial charge on any atom is -0.497 e. The lowest BCUT2D eigenvalue weighted by Gasteiger charge is -2.07. The predicted octanol–water partition coefficient (Wildman–Crippen LogP) is 4.53. The lowest BCUT2D eigenvalue weighted by atomic mass is 10.0. The molecular weight excluding hydrogens is 432 g/mol. The van der Waals surface area contributed by atoms with Crippen LogP contribution in [-0.4, -0.2) is 31.8 Å². The van der Waals surface area contributed by atoms with Crippen molar-refractivity contribution in [2.24, 2.45) is 7.05 Å². The highest BCUT2D eigenvalue weighted by molar-refractivity contribution is 9.10. The van der Waals surface area contributed by atoms with Gasteiger partial charge in [-0.1, -0.05) is 15.9 Å². The number of nitrogens with zero attached hydrogens (tertiary/aromatic N) is 4. The quantitative estimate of drug-likeness (QED) is 0.422. The Hall–Kier alpha value is -3.39. The summed E-state index contributed by atoms with van der Waals surface area (Å²) in [7, 11) is 3.66. The van der Waals surface area contributed by atoms with Gasteiger partial charge in [0.25, 0.3) is 0 Å². The molecule has 0 aliphatic heterocycles. The van der Waals surface area contributed by atoms with Gasteiger partial charge < -0.3 is 20.0 Å². The van der Waals surface area contributed by atoms with Crippen LogP contribution in [0.5, 0.6) is 5.75 Å². The molecule has 0 amide bonds. The van der Waals surface area contributed by atoms with Gasteiger partial charge in [0.15, 0.2) is 0 Å². The zero-order chi connectivity index (χ0) is 20.1. The van der Waals surface area contributed by atoms with Crippen molar-refractivity contribution in [3.05, 3.63) is 53.3 Å². The second kappa shape index (κ2) is 6.59. The molecule has 0 aliphatic rings. The highest BCUT2D eigenvalue weighted by Crippen LogP contribution is 2.38. The molecule has 2 aromatic carbocycles. The maximum Gasteiger partial charge on any atom is 0.240 e. The molecule has 0 saturated carbocycles. The van der Waals surface area contributed by atoms with Gasteiger partial charge in [-0.2, -0.15) is 0 Å². The summed E-state index contributed by atoms with van der Waals surface area (Å²) in [6.07, 6.45) is 3.95. The Balaban J connectivity index is 1.82. The number of hydrogen-bond acceptors (Lipinski definition) is 5. The number of hydrogen-bond donors (Lipinski definition) is 2. The summed E-state index contributed by atoms with van der Waals surface area (Å²) >= 11 is 3.55. The molecule has 0 unspecified atom stereocenters. The maximum absolute atomic E-state index is 5.92. The molecule has 5 aromatic rings. The molecule has 144 valence electrons. The fourth-order valence-corrected chi connectivity index (χ4v) is 4.04. The fourth-order valence-electron chi connectivity index (χ4n) is 3.68. The Morgan fingerprint density at radius 1 is 1.03 bits per heavy atom. The van der Waals surface area contributed by atoms with Gasteiger partial charge in [0.2, 0.25) is 5.95 Å². The lowest BCUT2D eigenvalue weighted by molar-refractivity contribution is 0.415. The third-order valence-corrected chi connectivity index (χ3v) is 5.55. The zero-order valence-electron chi connectivity index (χ0n) is 15.8. The van der Waals surface area contributed by atoms with Gasteiger partial charge in [-0.25, -0.2) is 4.98 Å². The first-order valence-electron chi connectivity index (χ1n) is 8.96. The molecule has 7 nitrogen and oxygen atoms in total. The summed E-state index contributed by atoms with van der Waals surface area (Å²) in [5.41, 5.74) is 11.2. The number of nitrogens with one attached hydrogen (secondary N) is 1. The van der Waals surface area contributed by atoms with Crippen LogP contribution in [0.1, 0.15) is 0 Å². The van der Waals surface area contributed by atoms with Crippen molar-refractivity contribution in [1.82, 2.24) is 24.7 Å². The average molecular weight is 449 g/mol. The van der Waals surface area contributed by atoms with E-state index in [0.717, 1.165) is 43.2 Å². The molecule has 0 fully saturated rings. The third kappa shape index (κ3) is 2.84. The number of halogens is 1. The Bertz CT molecular complexity index is 1390. The summed E-state index contributed by atoms with van der Waals surface area (Å²) in [5.74, 6) is 0.907. The molecule has 0 spiro atoms. The highest BCUT2D eigenvalue weighted by Gasteiger charge is 2.20. The summed E-state index contributed by atoms with van der Waals surface area (Å²) < 4.78 is 8.46. The van der Waals surface area contributed by atoms with Crippen molar-refractivity contribution in [3.8, 4) is 28.3 Å². The third-order valence-electron chi connectivity index (χ3n) is 5.05. The summed E-state index contributed by atoms with van der Waals surface area (Å²) in [5, 5.41) is 10.5. The number of rotatable bonds is 3. The van der Waals surface area contributed by atoms with Gasteiger partial charge >= 0.3 is 0 Å². The minimum atomic E-state index is 0.130. The Labute approximate surface area is 174 Å². The van der Waals surface area contributed by atoms with Crippen molar-refractivity contribution in [2.45, 2.75) is 0 Å². The molecule has 0 saturated heterocycles. The summed E-state index contributed by atoms with van der Waals surface area (Å²) in [6, 6.07) is 12.0. The van der Waals surface area contributed by atoms with Gasteiger partial charge in [-0.05, 0) is 36.4 Å². The number of aromatic nitrogens is 5. The predicted molar refractivity (Wildman–Crippen MR) is 118 cm³/mol. The van der Waals surface area contributed by atoms with Crippen molar-refractivity contribution in [2.75, 3.05) is 12.8 Å². The number of fused-ring (bicyclic) bond motifs is 2. The van der Waals surface area contributed by atoms with Crippen LogP contribution in [0.15, 0.2) is 53.3 Å². The van der Waals surface area contributed by atoms with E-state index >= 15 is 0 Å². The molecule has 8 heteroatoms. The van der Waals surface area contributed by atoms with E-state index in [4.69, 9.17) is 10.5 Å². The average Bonchev–Trinajstić information content (AvgIpc) is 3.28. The molecule has 29 heavy (non-hydrogen) atoms. The van der Waals surface area contributed by atoms with Gasteiger partial charge in [-0.3, -0.25) is 0 Å². The molecule has 0 aliphatic carbocycles. The van der Waals surface area contributed by atoms with E-state index < -0.39 is 0 Å². The van der Waals surface area contributed by atoms with Gasteiger partial charge in [0.1, 0.15) is 17.1 Å². The van der Waals surface area contributed by atoms with Crippen molar-refractivity contribution in [1.29, 1.82) is 0 Å². The highest BCUT2D eigenvalue weighted by atomic mass is 79.9. The van der Waals surface area contributed by atoms with E-state index in [2.05, 4.69) is 46.7 Å². The normalized spacial score (nSPS) is 11.4. The Morgan fingerprint density at radius 3 is 2.72 bits per heavy atom. The standard InChI is InChI=1S/C21H17BrN6O/c1-28-10-16(14-8-12(29-2)4-6-18(14)28)20-19(25-21(23)27-26-20)15-9-24-17-5-3-11(22)7-13(15)17/h3-10,24H,1-2H3,(H2,23,25,27).